The molecular weight excluding hydrogens is 218 g/mol. The second kappa shape index (κ2) is 4.67. The lowest BCUT2D eigenvalue weighted by Crippen LogP contribution is -2.17. The Hall–Kier alpha value is -0.690. The van der Waals surface area contributed by atoms with Gasteiger partial charge in [-0.2, -0.15) is 0 Å². The van der Waals surface area contributed by atoms with E-state index in [2.05, 4.69) is 59.7 Å². The molecule has 0 aliphatic heterocycles. The zero-order chi connectivity index (χ0) is 11.9. The average Bonchev–Trinajstić information content (AvgIpc) is 1.99. The number of hydrogen-bond donors (Lipinski definition) is 1. The van der Waals surface area contributed by atoms with Gasteiger partial charge in [0, 0.05) is 5.69 Å². The van der Waals surface area contributed by atoms with Crippen LogP contribution in [0.2, 0.25) is 0 Å². The molecule has 0 amide bonds. The highest BCUT2D eigenvalue weighted by Crippen LogP contribution is 2.31. The number of rotatable bonds is 0. The van der Waals surface area contributed by atoms with Gasteiger partial charge in [-0.05, 0) is 28.0 Å². The van der Waals surface area contributed by atoms with Crippen molar-refractivity contribution < 1.29 is 0 Å². The largest absolute Gasteiger partial charge is 0.398 e. The van der Waals surface area contributed by atoms with E-state index in [9.17, 15) is 0 Å². The fraction of sp³-hybridized carbons (Fsp3) is 0.571. The fourth-order valence-corrected chi connectivity index (χ4v) is 1.71. The van der Waals surface area contributed by atoms with Crippen LogP contribution >= 0.6 is 12.4 Å². The third-order valence-corrected chi connectivity index (χ3v) is 2.73. The number of nitrogen functional groups attached to an aromatic ring is 1. The van der Waals surface area contributed by atoms with Crippen molar-refractivity contribution in [2.75, 3.05) is 5.73 Å². The summed E-state index contributed by atoms with van der Waals surface area (Å²) in [4.78, 5) is 0. The van der Waals surface area contributed by atoms with Gasteiger partial charge in [0.25, 0.3) is 0 Å². The zero-order valence-electron chi connectivity index (χ0n) is 11.2. The Morgan fingerprint density at radius 2 is 1.38 bits per heavy atom. The van der Waals surface area contributed by atoms with Crippen LogP contribution in [0, 0.1) is 0 Å². The maximum absolute atomic E-state index is 6.10. The number of nitrogens with two attached hydrogens (primary N) is 1. The summed E-state index contributed by atoms with van der Waals surface area (Å²) in [5, 5.41) is 0. The molecule has 0 aliphatic carbocycles. The van der Waals surface area contributed by atoms with Crippen LogP contribution in [0.1, 0.15) is 52.7 Å². The monoisotopic (exact) mass is 241 g/mol. The molecule has 0 aromatic heterocycles. The summed E-state index contributed by atoms with van der Waals surface area (Å²) in [5.74, 6) is 0. The van der Waals surface area contributed by atoms with E-state index in [1.165, 1.54) is 11.1 Å². The molecule has 0 aliphatic rings. The van der Waals surface area contributed by atoms with E-state index < -0.39 is 0 Å². The Labute approximate surface area is 106 Å². The van der Waals surface area contributed by atoms with Crippen molar-refractivity contribution in [2.45, 2.75) is 52.4 Å². The van der Waals surface area contributed by atoms with Crippen molar-refractivity contribution in [1.82, 2.24) is 0 Å². The summed E-state index contributed by atoms with van der Waals surface area (Å²) in [5.41, 5.74) is 9.84. The highest BCUT2D eigenvalue weighted by Gasteiger charge is 2.19. The minimum absolute atomic E-state index is 0. The number of hydrogen-bond acceptors (Lipinski definition) is 1. The number of anilines is 1. The van der Waals surface area contributed by atoms with Crippen molar-refractivity contribution >= 4 is 18.1 Å². The molecule has 92 valence electrons. The lowest BCUT2D eigenvalue weighted by atomic mass is 9.81. The van der Waals surface area contributed by atoms with Crippen molar-refractivity contribution in [3.05, 3.63) is 29.3 Å². The molecule has 1 rings (SSSR count). The summed E-state index contributed by atoms with van der Waals surface area (Å²) in [6, 6.07) is 6.47. The summed E-state index contributed by atoms with van der Waals surface area (Å²) in [6.07, 6.45) is 0. The lowest BCUT2D eigenvalue weighted by Gasteiger charge is -2.25. The van der Waals surface area contributed by atoms with Crippen molar-refractivity contribution in [1.29, 1.82) is 0 Å². The second-order valence-corrected chi connectivity index (χ2v) is 6.30. The minimum atomic E-state index is 0. The van der Waals surface area contributed by atoms with Gasteiger partial charge >= 0.3 is 0 Å². The molecule has 0 atom stereocenters. The molecule has 0 spiro atoms. The van der Waals surface area contributed by atoms with Gasteiger partial charge in [-0.3, -0.25) is 0 Å². The summed E-state index contributed by atoms with van der Waals surface area (Å²) >= 11 is 0. The maximum atomic E-state index is 6.10. The first-order valence-corrected chi connectivity index (χ1v) is 5.53. The Bertz CT molecular complexity index is 356. The van der Waals surface area contributed by atoms with E-state index in [0.717, 1.165) is 5.69 Å². The third-order valence-electron chi connectivity index (χ3n) is 2.73. The molecule has 0 heterocycles. The van der Waals surface area contributed by atoms with E-state index in [1.54, 1.807) is 0 Å². The summed E-state index contributed by atoms with van der Waals surface area (Å²) in [7, 11) is 0. The van der Waals surface area contributed by atoms with Crippen LogP contribution in [-0.4, -0.2) is 0 Å². The van der Waals surface area contributed by atoms with Crippen LogP contribution in [0.4, 0.5) is 5.69 Å². The maximum Gasteiger partial charge on any atom is 0.0354 e. The van der Waals surface area contributed by atoms with Crippen molar-refractivity contribution in [2.24, 2.45) is 0 Å². The molecule has 2 N–H and O–H groups in total. The van der Waals surface area contributed by atoms with Gasteiger partial charge in [0.2, 0.25) is 0 Å². The first-order chi connectivity index (χ1) is 6.62. The standard InChI is InChI=1S/C14H23N.ClH/c1-13(2,3)10-7-8-11(12(15)9-10)14(4,5)6;/h7-9H,15H2,1-6H3;1H. The lowest BCUT2D eigenvalue weighted by molar-refractivity contribution is 0.579. The second-order valence-electron chi connectivity index (χ2n) is 6.30. The molecular formula is C14H24ClN. The van der Waals surface area contributed by atoms with E-state index in [0.29, 0.717) is 0 Å². The molecule has 16 heavy (non-hydrogen) atoms. The highest BCUT2D eigenvalue weighted by molar-refractivity contribution is 5.85. The van der Waals surface area contributed by atoms with Gasteiger partial charge in [0.05, 0.1) is 0 Å². The first kappa shape index (κ1) is 15.3. The molecule has 0 saturated heterocycles. The quantitative estimate of drug-likeness (QED) is 0.674. The average molecular weight is 242 g/mol. The SMILES string of the molecule is CC(C)(C)c1ccc(C(C)(C)C)c(N)c1.Cl. The smallest absolute Gasteiger partial charge is 0.0354 e. The van der Waals surface area contributed by atoms with Gasteiger partial charge in [0.1, 0.15) is 0 Å². The third kappa shape index (κ3) is 3.41. The molecule has 1 nitrogen and oxygen atoms in total. The van der Waals surface area contributed by atoms with Crippen LogP contribution in [-0.2, 0) is 10.8 Å². The first-order valence-electron chi connectivity index (χ1n) is 5.53. The molecule has 0 bridgehead atoms. The Balaban J connectivity index is 0.00000225. The van der Waals surface area contributed by atoms with E-state index in [4.69, 9.17) is 5.73 Å². The predicted octanol–water partition coefficient (Wildman–Crippen LogP) is 4.29. The molecule has 0 saturated carbocycles. The zero-order valence-corrected chi connectivity index (χ0v) is 12.0. The van der Waals surface area contributed by atoms with Crippen LogP contribution < -0.4 is 5.73 Å². The number of benzene rings is 1. The van der Waals surface area contributed by atoms with Crippen LogP contribution in [0.25, 0.3) is 0 Å². The Morgan fingerprint density at radius 1 is 0.875 bits per heavy atom. The minimum Gasteiger partial charge on any atom is -0.398 e. The van der Waals surface area contributed by atoms with Crippen LogP contribution in [0.15, 0.2) is 18.2 Å². The van der Waals surface area contributed by atoms with Gasteiger partial charge < -0.3 is 5.73 Å². The van der Waals surface area contributed by atoms with E-state index in [1.807, 2.05) is 0 Å². The molecule has 2 heteroatoms. The number of halogens is 1. The van der Waals surface area contributed by atoms with Gasteiger partial charge in [-0.1, -0.05) is 53.7 Å². The van der Waals surface area contributed by atoms with Crippen molar-refractivity contribution in [3.63, 3.8) is 0 Å². The Kier molecular flexibility index (Phi) is 4.46. The van der Waals surface area contributed by atoms with Crippen LogP contribution in [0.5, 0.6) is 0 Å². The molecule has 0 fully saturated rings. The van der Waals surface area contributed by atoms with Gasteiger partial charge in [0.15, 0.2) is 0 Å². The molecule has 1 aromatic rings. The normalized spacial score (nSPS) is 12.1. The fourth-order valence-electron chi connectivity index (χ4n) is 1.71. The summed E-state index contributed by atoms with van der Waals surface area (Å²) < 4.78 is 0. The van der Waals surface area contributed by atoms with Gasteiger partial charge in [-0.25, -0.2) is 0 Å². The summed E-state index contributed by atoms with van der Waals surface area (Å²) in [6.45, 7) is 13.2. The van der Waals surface area contributed by atoms with E-state index >= 15 is 0 Å². The predicted molar refractivity (Wildman–Crippen MR) is 75.5 cm³/mol. The molecule has 0 radical (unpaired) electrons. The molecule has 1 aromatic carbocycles. The van der Waals surface area contributed by atoms with E-state index in [-0.39, 0.29) is 23.2 Å². The van der Waals surface area contributed by atoms with Crippen LogP contribution in [0.3, 0.4) is 0 Å². The molecule has 0 unspecified atom stereocenters. The highest BCUT2D eigenvalue weighted by atomic mass is 35.5. The Morgan fingerprint density at radius 3 is 1.69 bits per heavy atom. The van der Waals surface area contributed by atoms with Crippen molar-refractivity contribution in [3.8, 4) is 0 Å². The van der Waals surface area contributed by atoms with Gasteiger partial charge in [-0.15, -0.1) is 12.4 Å². The topological polar surface area (TPSA) is 26.0 Å².